The molecule has 3 aromatic rings. The lowest BCUT2D eigenvalue weighted by atomic mass is 10.1. The van der Waals surface area contributed by atoms with Crippen LogP contribution in [-0.2, 0) is 11.2 Å². The van der Waals surface area contributed by atoms with Crippen molar-refractivity contribution >= 4 is 23.2 Å². The van der Waals surface area contributed by atoms with Gasteiger partial charge in [0.25, 0.3) is 0 Å². The summed E-state index contributed by atoms with van der Waals surface area (Å²) in [5.41, 5.74) is 8.46. The first-order valence-corrected chi connectivity index (χ1v) is 7.25. The fourth-order valence-corrected chi connectivity index (χ4v) is 2.43. The fourth-order valence-electron chi connectivity index (χ4n) is 2.43. The number of nitrogens with one attached hydrogen (secondary N) is 1. The number of nitrogens with two attached hydrogens (primary N) is 1. The van der Waals surface area contributed by atoms with E-state index >= 15 is 0 Å². The highest BCUT2D eigenvalue weighted by molar-refractivity contribution is 5.85. The quantitative estimate of drug-likeness (QED) is 0.431. The molecule has 5 heteroatoms. The summed E-state index contributed by atoms with van der Waals surface area (Å²) in [6.45, 7) is 0. The largest absolute Gasteiger partial charge is 0.425 e. The standard InChI is InChI=1S/C18H16N2O3/c19-16(9-13-10-20-17-4-2-1-3-15(13)17)18(22)23-14-7-5-12(11-21)6-8-14/h1-8,10-11,16,20H,9,19H2/t16-/m1/s1. The molecule has 0 unspecified atom stereocenters. The molecule has 1 atom stereocenters. The molecule has 3 N–H and O–H groups in total. The molecule has 0 aliphatic carbocycles. The number of para-hydroxylation sites is 1. The maximum Gasteiger partial charge on any atom is 0.328 e. The molecule has 2 aromatic carbocycles. The van der Waals surface area contributed by atoms with Gasteiger partial charge >= 0.3 is 5.97 Å². The first kappa shape index (κ1) is 15.0. The number of aromatic nitrogens is 1. The van der Waals surface area contributed by atoms with Gasteiger partial charge < -0.3 is 15.5 Å². The van der Waals surface area contributed by atoms with E-state index < -0.39 is 12.0 Å². The second-order valence-electron chi connectivity index (χ2n) is 5.28. The normalized spacial score (nSPS) is 12.0. The Labute approximate surface area is 133 Å². The third-order valence-electron chi connectivity index (χ3n) is 3.65. The van der Waals surface area contributed by atoms with Crippen LogP contribution in [0.5, 0.6) is 5.75 Å². The van der Waals surface area contributed by atoms with Crippen LogP contribution in [-0.4, -0.2) is 23.3 Å². The number of benzene rings is 2. The molecule has 0 aliphatic rings. The Morgan fingerprint density at radius 3 is 2.65 bits per heavy atom. The fraction of sp³-hybridized carbons (Fsp3) is 0.111. The number of H-pyrrole nitrogens is 1. The van der Waals surface area contributed by atoms with E-state index in [1.807, 2.05) is 30.5 Å². The average Bonchev–Trinajstić information content (AvgIpc) is 2.98. The summed E-state index contributed by atoms with van der Waals surface area (Å²) in [5, 5.41) is 1.05. The lowest BCUT2D eigenvalue weighted by Gasteiger charge is -2.11. The van der Waals surface area contributed by atoms with Crippen LogP contribution in [0.3, 0.4) is 0 Å². The minimum Gasteiger partial charge on any atom is -0.425 e. The molecule has 0 spiro atoms. The van der Waals surface area contributed by atoms with Crippen LogP contribution in [0.1, 0.15) is 15.9 Å². The number of rotatable bonds is 5. The van der Waals surface area contributed by atoms with E-state index in [2.05, 4.69) is 4.98 Å². The van der Waals surface area contributed by atoms with E-state index in [-0.39, 0.29) is 0 Å². The van der Waals surface area contributed by atoms with Crippen LogP contribution in [0, 0.1) is 0 Å². The van der Waals surface area contributed by atoms with E-state index in [0.717, 1.165) is 22.8 Å². The van der Waals surface area contributed by atoms with E-state index in [1.54, 1.807) is 24.3 Å². The molecule has 1 heterocycles. The van der Waals surface area contributed by atoms with E-state index in [9.17, 15) is 9.59 Å². The Kier molecular flexibility index (Phi) is 4.21. The molecule has 5 nitrogen and oxygen atoms in total. The second kappa shape index (κ2) is 6.46. The number of esters is 1. The smallest absolute Gasteiger partial charge is 0.328 e. The van der Waals surface area contributed by atoms with Crippen molar-refractivity contribution < 1.29 is 14.3 Å². The number of carbonyl (C=O) groups excluding carboxylic acids is 2. The Morgan fingerprint density at radius 1 is 1.17 bits per heavy atom. The lowest BCUT2D eigenvalue weighted by molar-refractivity contribution is -0.135. The highest BCUT2D eigenvalue weighted by Gasteiger charge is 2.18. The molecule has 116 valence electrons. The van der Waals surface area contributed by atoms with E-state index in [4.69, 9.17) is 10.5 Å². The predicted molar refractivity (Wildman–Crippen MR) is 87.4 cm³/mol. The molecule has 0 bridgehead atoms. The molecule has 0 radical (unpaired) electrons. The number of aldehydes is 1. The molecular formula is C18H16N2O3. The van der Waals surface area contributed by atoms with Crippen LogP contribution in [0.15, 0.2) is 54.7 Å². The van der Waals surface area contributed by atoms with Crippen LogP contribution in [0.25, 0.3) is 10.9 Å². The highest BCUT2D eigenvalue weighted by Crippen LogP contribution is 2.19. The van der Waals surface area contributed by atoms with Gasteiger partial charge in [-0.2, -0.15) is 0 Å². The molecule has 0 saturated carbocycles. The molecular weight excluding hydrogens is 292 g/mol. The third kappa shape index (κ3) is 3.30. The van der Waals surface area contributed by atoms with Gasteiger partial charge in [-0.25, -0.2) is 4.79 Å². The topological polar surface area (TPSA) is 85.2 Å². The van der Waals surface area contributed by atoms with E-state index in [0.29, 0.717) is 17.7 Å². The Bertz CT molecular complexity index is 837. The van der Waals surface area contributed by atoms with Gasteiger partial charge in [-0.15, -0.1) is 0 Å². The van der Waals surface area contributed by atoms with Gasteiger partial charge in [-0.1, -0.05) is 18.2 Å². The van der Waals surface area contributed by atoms with Crippen molar-refractivity contribution in [2.45, 2.75) is 12.5 Å². The van der Waals surface area contributed by atoms with Crippen molar-refractivity contribution in [1.29, 1.82) is 0 Å². The summed E-state index contributed by atoms with van der Waals surface area (Å²) in [4.78, 5) is 25.9. The van der Waals surface area contributed by atoms with Gasteiger partial charge in [-0.05, 0) is 35.9 Å². The van der Waals surface area contributed by atoms with Gasteiger partial charge in [0, 0.05) is 29.1 Å². The molecule has 3 rings (SSSR count). The first-order valence-electron chi connectivity index (χ1n) is 7.25. The highest BCUT2D eigenvalue weighted by atomic mass is 16.5. The summed E-state index contributed by atoms with van der Waals surface area (Å²) >= 11 is 0. The molecule has 0 aliphatic heterocycles. The van der Waals surface area contributed by atoms with Crippen LogP contribution < -0.4 is 10.5 Å². The molecule has 0 amide bonds. The van der Waals surface area contributed by atoms with Crippen molar-refractivity contribution in [1.82, 2.24) is 4.98 Å². The zero-order chi connectivity index (χ0) is 16.2. The van der Waals surface area contributed by atoms with Crippen molar-refractivity contribution in [3.63, 3.8) is 0 Å². The zero-order valence-corrected chi connectivity index (χ0v) is 12.4. The number of hydrogen-bond donors (Lipinski definition) is 2. The summed E-state index contributed by atoms with van der Waals surface area (Å²) in [6, 6.07) is 13.4. The molecule has 1 aromatic heterocycles. The monoisotopic (exact) mass is 308 g/mol. The van der Waals surface area contributed by atoms with Crippen molar-refractivity contribution in [3.05, 3.63) is 65.9 Å². The molecule has 0 saturated heterocycles. The van der Waals surface area contributed by atoms with Crippen LogP contribution >= 0.6 is 0 Å². The van der Waals surface area contributed by atoms with Crippen LogP contribution in [0.4, 0.5) is 0 Å². The third-order valence-corrected chi connectivity index (χ3v) is 3.65. The molecule has 23 heavy (non-hydrogen) atoms. The SMILES string of the molecule is N[C@H](Cc1c[nH]c2ccccc12)C(=O)Oc1ccc(C=O)cc1. The van der Waals surface area contributed by atoms with Crippen molar-refractivity contribution in [2.75, 3.05) is 0 Å². The number of hydrogen-bond acceptors (Lipinski definition) is 4. The van der Waals surface area contributed by atoms with Gasteiger partial charge in [-0.3, -0.25) is 4.79 Å². The number of aromatic amines is 1. The van der Waals surface area contributed by atoms with Gasteiger partial charge in [0.15, 0.2) is 0 Å². The Hall–Kier alpha value is -2.92. The zero-order valence-electron chi connectivity index (χ0n) is 12.4. The summed E-state index contributed by atoms with van der Waals surface area (Å²) in [7, 11) is 0. The second-order valence-corrected chi connectivity index (χ2v) is 5.28. The predicted octanol–water partition coefficient (Wildman–Crippen LogP) is 2.46. The summed E-state index contributed by atoms with van der Waals surface area (Å²) < 4.78 is 5.25. The van der Waals surface area contributed by atoms with Crippen molar-refractivity contribution in [3.8, 4) is 5.75 Å². The first-order chi connectivity index (χ1) is 11.2. The number of ether oxygens (including phenoxy) is 1. The van der Waals surface area contributed by atoms with Crippen LogP contribution in [0.2, 0.25) is 0 Å². The van der Waals surface area contributed by atoms with Crippen molar-refractivity contribution in [2.24, 2.45) is 5.73 Å². The lowest BCUT2D eigenvalue weighted by Crippen LogP contribution is -2.36. The minimum atomic E-state index is -0.764. The maximum atomic E-state index is 12.1. The summed E-state index contributed by atoms with van der Waals surface area (Å²) in [5.74, 6) is -0.135. The summed E-state index contributed by atoms with van der Waals surface area (Å²) in [6.07, 6.45) is 2.97. The number of fused-ring (bicyclic) bond motifs is 1. The Morgan fingerprint density at radius 2 is 1.91 bits per heavy atom. The minimum absolute atomic E-state index is 0.370. The van der Waals surface area contributed by atoms with Gasteiger partial charge in [0.05, 0.1) is 0 Å². The Balaban J connectivity index is 1.68. The average molecular weight is 308 g/mol. The van der Waals surface area contributed by atoms with Gasteiger partial charge in [0.2, 0.25) is 0 Å². The maximum absolute atomic E-state index is 12.1. The molecule has 0 fully saturated rings. The van der Waals surface area contributed by atoms with E-state index in [1.165, 1.54) is 0 Å². The number of carbonyl (C=O) groups is 2. The van der Waals surface area contributed by atoms with Gasteiger partial charge in [0.1, 0.15) is 18.1 Å².